The van der Waals surface area contributed by atoms with Crippen molar-refractivity contribution in [1.29, 1.82) is 0 Å². The Hall–Kier alpha value is -0.900. The molecule has 3 heteroatoms. The number of rotatable bonds is 6. The molecule has 0 bridgehead atoms. The summed E-state index contributed by atoms with van der Waals surface area (Å²) in [5.74, 6) is -0.928. The third-order valence-electron chi connectivity index (χ3n) is 4.20. The van der Waals surface area contributed by atoms with Crippen LogP contribution in [0.3, 0.4) is 0 Å². The van der Waals surface area contributed by atoms with Crippen LogP contribution in [0.4, 0.5) is 0 Å². The predicted molar refractivity (Wildman–Crippen MR) is 81.4 cm³/mol. The second-order valence-electron chi connectivity index (χ2n) is 5.82. The van der Waals surface area contributed by atoms with Crippen LogP contribution in [0.2, 0.25) is 0 Å². The van der Waals surface area contributed by atoms with Crippen molar-refractivity contribution in [3.8, 4) is 0 Å². The topological polar surface area (TPSA) is 41.5 Å². The molecule has 1 heterocycles. The van der Waals surface area contributed by atoms with Crippen LogP contribution in [-0.2, 0) is 4.74 Å². The average Bonchev–Trinajstić information content (AvgIpc) is 2.48. The van der Waals surface area contributed by atoms with Crippen molar-refractivity contribution in [3.05, 3.63) is 35.9 Å². The number of nitrogens with one attached hydrogen (secondary N) is 1. The first-order valence-corrected chi connectivity index (χ1v) is 7.81. The van der Waals surface area contributed by atoms with Crippen LogP contribution < -0.4 is 5.32 Å². The minimum absolute atomic E-state index is 0.222. The quantitative estimate of drug-likeness (QED) is 0.837. The molecule has 2 N–H and O–H groups in total. The van der Waals surface area contributed by atoms with E-state index in [1.165, 1.54) is 5.56 Å². The van der Waals surface area contributed by atoms with E-state index in [0.29, 0.717) is 12.5 Å². The molecule has 3 nitrogen and oxygen atoms in total. The molecule has 1 aliphatic rings. The third kappa shape index (κ3) is 4.30. The monoisotopic (exact) mass is 277 g/mol. The second-order valence-corrected chi connectivity index (χ2v) is 5.82. The van der Waals surface area contributed by atoms with Gasteiger partial charge in [-0.1, -0.05) is 37.3 Å². The summed E-state index contributed by atoms with van der Waals surface area (Å²) in [5, 5.41) is 14.0. The first-order chi connectivity index (χ1) is 9.63. The van der Waals surface area contributed by atoms with Gasteiger partial charge >= 0.3 is 0 Å². The van der Waals surface area contributed by atoms with E-state index in [1.807, 2.05) is 6.07 Å². The highest BCUT2D eigenvalue weighted by Gasteiger charge is 2.33. The van der Waals surface area contributed by atoms with Crippen LogP contribution in [0, 0.1) is 0 Å². The SMILES string of the molecule is CCC1CCCC(O)(CCNC(C)c2ccccc2)O1. The summed E-state index contributed by atoms with van der Waals surface area (Å²) in [5.41, 5.74) is 1.27. The molecule has 3 unspecified atom stereocenters. The lowest BCUT2D eigenvalue weighted by Crippen LogP contribution is -2.42. The maximum Gasteiger partial charge on any atom is 0.166 e. The van der Waals surface area contributed by atoms with Crippen molar-refractivity contribution in [2.75, 3.05) is 6.54 Å². The van der Waals surface area contributed by atoms with Crippen LogP contribution in [0.5, 0.6) is 0 Å². The van der Waals surface area contributed by atoms with E-state index in [-0.39, 0.29) is 6.10 Å². The van der Waals surface area contributed by atoms with Crippen LogP contribution in [0.15, 0.2) is 30.3 Å². The Labute approximate surface area is 122 Å². The lowest BCUT2D eigenvalue weighted by Gasteiger charge is -2.37. The molecule has 1 aromatic rings. The second kappa shape index (κ2) is 7.21. The van der Waals surface area contributed by atoms with Gasteiger partial charge in [-0.3, -0.25) is 0 Å². The lowest BCUT2D eigenvalue weighted by molar-refractivity contribution is -0.256. The molecule has 3 atom stereocenters. The molecular weight excluding hydrogens is 250 g/mol. The fourth-order valence-corrected chi connectivity index (χ4v) is 2.85. The Kier molecular flexibility index (Phi) is 5.58. The van der Waals surface area contributed by atoms with Gasteiger partial charge in [0.2, 0.25) is 0 Å². The highest BCUT2D eigenvalue weighted by Crippen LogP contribution is 2.30. The van der Waals surface area contributed by atoms with Gasteiger partial charge in [0.1, 0.15) is 0 Å². The van der Waals surface area contributed by atoms with Crippen molar-refractivity contribution in [2.45, 2.75) is 63.9 Å². The highest BCUT2D eigenvalue weighted by molar-refractivity contribution is 5.17. The fourth-order valence-electron chi connectivity index (χ4n) is 2.85. The van der Waals surface area contributed by atoms with E-state index in [1.54, 1.807) is 0 Å². The van der Waals surface area contributed by atoms with Crippen LogP contribution in [-0.4, -0.2) is 23.5 Å². The van der Waals surface area contributed by atoms with Gasteiger partial charge in [0.05, 0.1) is 6.10 Å². The van der Waals surface area contributed by atoms with Crippen molar-refractivity contribution in [1.82, 2.24) is 5.32 Å². The molecule has 1 aliphatic heterocycles. The molecule has 1 saturated heterocycles. The smallest absolute Gasteiger partial charge is 0.166 e. The molecule has 0 spiro atoms. The molecule has 0 radical (unpaired) electrons. The zero-order valence-electron chi connectivity index (χ0n) is 12.6. The van der Waals surface area contributed by atoms with Crippen LogP contribution in [0.25, 0.3) is 0 Å². The van der Waals surface area contributed by atoms with E-state index in [2.05, 4.69) is 43.4 Å². The number of hydrogen-bond acceptors (Lipinski definition) is 3. The molecule has 0 aliphatic carbocycles. The van der Waals surface area contributed by atoms with Crippen molar-refractivity contribution in [3.63, 3.8) is 0 Å². The molecule has 20 heavy (non-hydrogen) atoms. The maximum absolute atomic E-state index is 10.5. The molecule has 0 aromatic heterocycles. The minimum Gasteiger partial charge on any atom is -0.365 e. The standard InChI is InChI=1S/C17H27NO2/c1-3-16-10-7-11-17(19,20-16)12-13-18-14(2)15-8-5-4-6-9-15/h4-6,8-9,14,16,18-19H,3,7,10-13H2,1-2H3. The Bertz CT molecular complexity index is 395. The molecule has 0 amide bonds. The van der Waals surface area contributed by atoms with Gasteiger partial charge in [-0.25, -0.2) is 0 Å². The number of hydrogen-bond donors (Lipinski definition) is 2. The fraction of sp³-hybridized carbons (Fsp3) is 0.647. The minimum atomic E-state index is -0.928. The van der Waals surface area contributed by atoms with Crippen LogP contribution in [0.1, 0.15) is 57.6 Å². The summed E-state index contributed by atoms with van der Waals surface area (Å²) >= 11 is 0. The predicted octanol–water partition coefficient (Wildman–Crippen LogP) is 3.40. The maximum atomic E-state index is 10.5. The number of benzene rings is 1. The van der Waals surface area contributed by atoms with Gasteiger partial charge in [-0.15, -0.1) is 0 Å². The Balaban J connectivity index is 1.77. The zero-order valence-corrected chi connectivity index (χ0v) is 12.6. The Morgan fingerprint density at radius 3 is 2.85 bits per heavy atom. The molecule has 0 saturated carbocycles. The first-order valence-electron chi connectivity index (χ1n) is 7.81. The zero-order chi connectivity index (χ0) is 14.4. The summed E-state index contributed by atoms with van der Waals surface area (Å²) in [6.45, 7) is 5.03. The summed E-state index contributed by atoms with van der Waals surface area (Å²) in [4.78, 5) is 0. The molecule has 2 rings (SSSR count). The van der Waals surface area contributed by atoms with E-state index < -0.39 is 5.79 Å². The van der Waals surface area contributed by atoms with Gasteiger partial charge in [0, 0.05) is 25.4 Å². The number of ether oxygens (including phenoxy) is 1. The average molecular weight is 277 g/mol. The highest BCUT2D eigenvalue weighted by atomic mass is 16.6. The van der Waals surface area contributed by atoms with E-state index in [0.717, 1.165) is 32.2 Å². The third-order valence-corrected chi connectivity index (χ3v) is 4.20. The number of aliphatic hydroxyl groups is 1. The van der Waals surface area contributed by atoms with E-state index >= 15 is 0 Å². The lowest BCUT2D eigenvalue weighted by atomic mass is 9.97. The molecule has 1 aromatic carbocycles. The summed E-state index contributed by atoms with van der Waals surface area (Å²) in [7, 11) is 0. The van der Waals surface area contributed by atoms with Crippen molar-refractivity contribution < 1.29 is 9.84 Å². The van der Waals surface area contributed by atoms with Gasteiger partial charge in [0.15, 0.2) is 5.79 Å². The Morgan fingerprint density at radius 1 is 1.40 bits per heavy atom. The van der Waals surface area contributed by atoms with E-state index in [4.69, 9.17) is 4.74 Å². The van der Waals surface area contributed by atoms with E-state index in [9.17, 15) is 5.11 Å². The largest absolute Gasteiger partial charge is 0.365 e. The summed E-state index contributed by atoms with van der Waals surface area (Å²) < 4.78 is 5.83. The summed E-state index contributed by atoms with van der Waals surface area (Å²) in [6, 6.07) is 10.7. The Morgan fingerprint density at radius 2 is 2.15 bits per heavy atom. The van der Waals surface area contributed by atoms with Gasteiger partial charge < -0.3 is 15.2 Å². The summed E-state index contributed by atoms with van der Waals surface area (Å²) in [6.07, 6.45) is 4.75. The molecule has 1 fully saturated rings. The van der Waals surface area contributed by atoms with Gasteiger partial charge in [0.25, 0.3) is 0 Å². The van der Waals surface area contributed by atoms with Crippen molar-refractivity contribution >= 4 is 0 Å². The van der Waals surface area contributed by atoms with Gasteiger partial charge in [-0.05, 0) is 31.7 Å². The normalized spacial score (nSPS) is 28.2. The first kappa shape index (κ1) is 15.5. The van der Waals surface area contributed by atoms with Crippen LogP contribution >= 0.6 is 0 Å². The van der Waals surface area contributed by atoms with Gasteiger partial charge in [-0.2, -0.15) is 0 Å². The molecular formula is C17H27NO2. The molecule has 112 valence electrons. The van der Waals surface area contributed by atoms with Crippen molar-refractivity contribution in [2.24, 2.45) is 0 Å².